The Balaban J connectivity index is 2.10. The largest absolute Gasteiger partial charge is 0.349 e. The van der Waals surface area contributed by atoms with E-state index in [1.165, 1.54) is 6.42 Å². The van der Waals surface area contributed by atoms with Crippen LogP contribution in [0.15, 0.2) is 22.7 Å². The van der Waals surface area contributed by atoms with Gasteiger partial charge in [-0.05, 0) is 53.4 Å². The van der Waals surface area contributed by atoms with Crippen molar-refractivity contribution in [1.82, 2.24) is 5.32 Å². The van der Waals surface area contributed by atoms with Crippen molar-refractivity contribution in [3.8, 4) is 0 Å². The molecular formula is C11H11BrClNO. The Hall–Kier alpha value is -0.540. The first-order valence-corrected chi connectivity index (χ1v) is 6.10. The molecule has 1 aromatic rings. The minimum absolute atomic E-state index is 0.0248. The molecule has 1 aliphatic carbocycles. The normalized spacial score (nSPS) is 15.9. The van der Waals surface area contributed by atoms with Gasteiger partial charge in [0.15, 0.2) is 0 Å². The van der Waals surface area contributed by atoms with E-state index in [2.05, 4.69) is 21.2 Å². The molecule has 0 radical (unpaired) electrons. The lowest BCUT2D eigenvalue weighted by Gasteiger charge is -2.26. The number of benzene rings is 1. The van der Waals surface area contributed by atoms with E-state index in [1.807, 2.05) is 0 Å². The molecule has 0 aliphatic heterocycles. The summed E-state index contributed by atoms with van der Waals surface area (Å²) in [7, 11) is 0. The highest BCUT2D eigenvalue weighted by atomic mass is 79.9. The van der Waals surface area contributed by atoms with Crippen molar-refractivity contribution >= 4 is 33.4 Å². The Morgan fingerprint density at radius 2 is 2.20 bits per heavy atom. The van der Waals surface area contributed by atoms with Crippen LogP contribution in [0.4, 0.5) is 0 Å². The molecule has 0 bridgehead atoms. The van der Waals surface area contributed by atoms with E-state index >= 15 is 0 Å². The van der Waals surface area contributed by atoms with Gasteiger partial charge in [-0.25, -0.2) is 0 Å². The molecule has 0 aromatic heterocycles. The summed E-state index contributed by atoms with van der Waals surface area (Å²) in [5.74, 6) is -0.0248. The topological polar surface area (TPSA) is 29.1 Å². The summed E-state index contributed by atoms with van der Waals surface area (Å²) in [6.07, 6.45) is 3.40. The van der Waals surface area contributed by atoms with Gasteiger partial charge in [0, 0.05) is 15.5 Å². The molecule has 4 heteroatoms. The fourth-order valence-corrected chi connectivity index (χ4v) is 2.35. The maximum atomic E-state index is 11.8. The van der Waals surface area contributed by atoms with E-state index in [0.717, 1.165) is 17.3 Å². The summed E-state index contributed by atoms with van der Waals surface area (Å²) in [6.45, 7) is 0. The lowest BCUT2D eigenvalue weighted by molar-refractivity contribution is 0.0916. The van der Waals surface area contributed by atoms with E-state index in [9.17, 15) is 4.79 Å². The van der Waals surface area contributed by atoms with Crippen molar-refractivity contribution in [2.75, 3.05) is 0 Å². The molecule has 0 saturated heterocycles. The summed E-state index contributed by atoms with van der Waals surface area (Å²) in [5, 5.41) is 3.61. The summed E-state index contributed by atoms with van der Waals surface area (Å²) in [5.41, 5.74) is 0.645. The summed E-state index contributed by atoms with van der Waals surface area (Å²) in [4.78, 5) is 11.8. The molecule has 1 fully saturated rings. The van der Waals surface area contributed by atoms with Gasteiger partial charge in [0.2, 0.25) is 0 Å². The Morgan fingerprint density at radius 1 is 1.47 bits per heavy atom. The predicted molar refractivity (Wildman–Crippen MR) is 64.3 cm³/mol. The number of carbonyl (C=O) groups is 1. The van der Waals surface area contributed by atoms with Crippen LogP contribution >= 0.6 is 27.5 Å². The van der Waals surface area contributed by atoms with Gasteiger partial charge in [-0.2, -0.15) is 0 Å². The summed E-state index contributed by atoms with van der Waals surface area (Å²) in [6, 6.07) is 5.56. The van der Waals surface area contributed by atoms with Gasteiger partial charge in [-0.1, -0.05) is 11.6 Å². The summed E-state index contributed by atoms with van der Waals surface area (Å²) < 4.78 is 0.742. The number of halogens is 2. The van der Waals surface area contributed by atoms with Crippen LogP contribution in [0.2, 0.25) is 5.02 Å². The van der Waals surface area contributed by atoms with Gasteiger partial charge in [-0.15, -0.1) is 0 Å². The van der Waals surface area contributed by atoms with E-state index < -0.39 is 0 Å². The second-order valence-corrected chi connectivity index (χ2v) is 5.02. The van der Waals surface area contributed by atoms with Crippen molar-refractivity contribution in [2.24, 2.45) is 0 Å². The minimum Gasteiger partial charge on any atom is -0.349 e. The van der Waals surface area contributed by atoms with E-state index in [4.69, 9.17) is 11.6 Å². The first-order valence-electron chi connectivity index (χ1n) is 4.93. The number of nitrogens with one attached hydrogen (secondary N) is 1. The number of carbonyl (C=O) groups excluding carboxylic acids is 1. The SMILES string of the molecule is O=C(NC1CCC1)c1ccc(Cl)cc1Br. The van der Waals surface area contributed by atoms with Crippen molar-refractivity contribution in [3.63, 3.8) is 0 Å². The molecule has 0 heterocycles. The Labute approximate surface area is 102 Å². The lowest BCUT2D eigenvalue weighted by atomic mass is 9.93. The second-order valence-electron chi connectivity index (χ2n) is 3.73. The van der Waals surface area contributed by atoms with Crippen molar-refractivity contribution in [2.45, 2.75) is 25.3 Å². The van der Waals surface area contributed by atoms with Gasteiger partial charge in [0.05, 0.1) is 5.56 Å². The first kappa shape index (κ1) is 11.0. The number of hydrogen-bond donors (Lipinski definition) is 1. The molecule has 1 aromatic carbocycles. The summed E-state index contributed by atoms with van der Waals surface area (Å²) >= 11 is 9.14. The zero-order chi connectivity index (χ0) is 10.8. The molecular weight excluding hydrogens is 277 g/mol. The van der Waals surface area contributed by atoms with Gasteiger partial charge in [0.1, 0.15) is 0 Å². The van der Waals surface area contributed by atoms with Crippen molar-refractivity contribution in [3.05, 3.63) is 33.3 Å². The number of hydrogen-bond acceptors (Lipinski definition) is 1. The van der Waals surface area contributed by atoms with Crippen LogP contribution in [0.1, 0.15) is 29.6 Å². The van der Waals surface area contributed by atoms with Crippen LogP contribution in [0.5, 0.6) is 0 Å². The van der Waals surface area contributed by atoms with Crippen LogP contribution in [0.3, 0.4) is 0 Å². The average molecular weight is 289 g/mol. The van der Waals surface area contributed by atoms with Crippen LogP contribution in [-0.4, -0.2) is 11.9 Å². The zero-order valence-electron chi connectivity index (χ0n) is 8.09. The second kappa shape index (κ2) is 4.54. The molecule has 15 heavy (non-hydrogen) atoms. The molecule has 1 amide bonds. The Bertz CT molecular complexity index is 390. The maximum absolute atomic E-state index is 11.8. The Morgan fingerprint density at radius 3 is 2.73 bits per heavy atom. The molecule has 2 rings (SSSR count). The average Bonchev–Trinajstić information content (AvgIpc) is 2.11. The van der Waals surface area contributed by atoms with Gasteiger partial charge in [-0.3, -0.25) is 4.79 Å². The van der Waals surface area contributed by atoms with Crippen LogP contribution in [0.25, 0.3) is 0 Å². The Kier molecular flexibility index (Phi) is 3.32. The molecule has 80 valence electrons. The third kappa shape index (κ3) is 2.52. The molecule has 0 spiro atoms. The fourth-order valence-electron chi connectivity index (χ4n) is 1.49. The molecule has 0 unspecified atom stereocenters. The molecule has 1 aliphatic rings. The van der Waals surface area contributed by atoms with Crippen LogP contribution in [0, 0.1) is 0 Å². The van der Waals surface area contributed by atoms with E-state index in [0.29, 0.717) is 16.6 Å². The third-order valence-corrected chi connectivity index (χ3v) is 3.51. The third-order valence-electron chi connectivity index (χ3n) is 2.62. The number of rotatable bonds is 2. The monoisotopic (exact) mass is 287 g/mol. The zero-order valence-corrected chi connectivity index (χ0v) is 10.4. The molecule has 0 atom stereocenters. The highest BCUT2D eigenvalue weighted by molar-refractivity contribution is 9.10. The fraction of sp³-hybridized carbons (Fsp3) is 0.364. The smallest absolute Gasteiger partial charge is 0.252 e. The van der Waals surface area contributed by atoms with Gasteiger partial charge < -0.3 is 5.32 Å². The maximum Gasteiger partial charge on any atom is 0.252 e. The molecule has 2 nitrogen and oxygen atoms in total. The highest BCUT2D eigenvalue weighted by Crippen LogP contribution is 2.23. The standard InChI is InChI=1S/C11H11BrClNO/c12-10-6-7(13)4-5-9(10)11(15)14-8-2-1-3-8/h4-6,8H,1-3H2,(H,14,15). The van der Waals surface area contributed by atoms with Gasteiger partial charge >= 0.3 is 0 Å². The minimum atomic E-state index is -0.0248. The van der Waals surface area contributed by atoms with E-state index in [-0.39, 0.29) is 5.91 Å². The molecule has 1 N–H and O–H groups in total. The first-order chi connectivity index (χ1) is 7.16. The predicted octanol–water partition coefficient (Wildman–Crippen LogP) is 3.38. The highest BCUT2D eigenvalue weighted by Gasteiger charge is 2.20. The lowest BCUT2D eigenvalue weighted by Crippen LogP contribution is -2.39. The van der Waals surface area contributed by atoms with Crippen molar-refractivity contribution < 1.29 is 4.79 Å². The quantitative estimate of drug-likeness (QED) is 0.888. The van der Waals surface area contributed by atoms with Crippen LogP contribution < -0.4 is 5.32 Å². The van der Waals surface area contributed by atoms with E-state index in [1.54, 1.807) is 18.2 Å². The van der Waals surface area contributed by atoms with Crippen molar-refractivity contribution in [1.29, 1.82) is 0 Å². The van der Waals surface area contributed by atoms with Gasteiger partial charge in [0.25, 0.3) is 5.91 Å². The molecule has 1 saturated carbocycles. The number of amides is 1. The van der Waals surface area contributed by atoms with Crippen LogP contribution in [-0.2, 0) is 0 Å².